The number of aliphatic hydroxyl groups excluding tert-OH is 1. The molecule has 0 aliphatic carbocycles. The van der Waals surface area contributed by atoms with Crippen molar-refractivity contribution in [1.82, 2.24) is 4.90 Å². The number of hydrogen-bond acceptors (Lipinski definition) is 3. The average molecular weight is 298 g/mol. The maximum Gasteiger partial charge on any atom is 0.128 e. The van der Waals surface area contributed by atoms with Gasteiger partial charge in [-0.15, -0.1) is 0 Å². The molecule has 1 aromatic rings. The number of benzene rings is 1. The summed E-state index contributed by atoms with van der Waals surface area (Å²) in [4.78, 5) is 2.31. The minimum Gasteiger partial charge on any atom is -0.395 e. The molecule has 1 rings (SSSR count). The molecular weight excluding hydrogens is 275 g/mol. The van der Waals surface area contributed by atoms with Crippen LogP contribution in [0, 0.1) is 5.82 Å². The van der Waals surface area contributed by atoms with Crippen LogP contribution in [0.25, 0.3) is 0 Å². The summed E-state index contributed by atoms with van der Waals surface area (Å²) in [5.41, 5.74) is 6.64. The number of nitrogens with zero attached hydrogens (tertiary/aromatic N) is 1. The van der Waals surface area contributed by atoms with Gasteiger partial charge in [0, 0.05) is 30.3 Å². The second-order valence-corrected chi connectivity index (χ2v) is 5.27. The quantitative estimate of drug-likeness (QED) is 0.724. The van der Waals surface area contributed by atoms with Gasteiger partial charge in [-0.3, -0.25) is 4.90 Å². The summed E-state index contributed by atoms with van der Waals surface area (Å²) in [6.45, 7) is 5.30. The van der Waals surface area contributed by atoms with Gasteiger partial charge in [0.25, 0.3) is 0 Å². The van der Waals surface area contributed by atoms with E-state index >= 15 is 0 Å². The third-order valence-corrected chi connectivity index (χ3v) is 3.79. The molecule has 0 heterocycles. The third-order valence-electron chi connectivity index (χ3n) is 3.56. The molecule has 1 aromatic carbocycles. The van der Waals surface area contributed by atoms with Crippen molar-refractivity contribution in [2.45, 2.75) is 39.3 Å². The molecule has 3 nitrogen and oxygen atoms in total. The zero-order chi connectivity index (χ0) is 15.1. The minimum absolute atomic E-state index is 0.0725. The Hall–Kier alpha value is -1.04. The second-order valence-electron chi connectivity index (χ2n) is 4.83. The summed E-state index contributed by atoms with van der Waals surface area (Å²) in [6.07, 6.45) is 1.95. The molecule has 20 heavy (non-hydrogen) atoms. The lowest BCUT2D eigenvalue weighted by atomic mass is 10.1. The first-order chi connectivity index (χ1) is 9.53. The minimum atomic E-state index is -0.302. The molecule has 5 heteroatoms. The van der Waals surface area contributed by atoms with Gasteiger partial charge in [0.05, 0.1) is 6.61 Å². The van der Waals surface area contributed by atoms with Gasteiger partial charge in [0.15, 0.2) is 0 Å². The van der Waals surface area contributed by atoms with Crippen LogP contribution < -0.4 is 5.73 Å². The zero-order valence-electron chi connectivity index (χ0n) is 12.1. The maximum absolute atomic E-state index is 14.1. The first kappa shape index (κ1) is 17.0. The van der Waals surface area contributed by atoms with Crippen LogP contribution in [0.15, 0.2) is 18.2 Å². The summed E-state index contributed by atoms with van der Waals surface area (Å²) in [7, 11) is 0. The van der Waals surface area contributed by atoms with Gasteiger partial charge in [0.1, 0.15) is 10.8 Å². The molecule has 0 spiro atoms. The molecule has 0 fully saturated rings. The summed E-state index contributed by atoms with van der Waals surface area (Å²) < 4.78 is 14.1. The molecule has 0 amide bonds. The first-order valence-corrected chi connectivity index (χ1v) is 7.37. The Morgan fingerprint density at radius 1 is 1.40 bits per heavy atom. The fraction of sp³-hybridized carbons (Fsp3) is 0.533. The zero-order valence-corrected chi connectivity index (χ0v) is 12.9. The third kappa shape index (κ3) is 4.51. The molecule has 0 aliphatic rings. The first-order valence-electron chi connectivity index (χ1n) is 6.96. The van der Waals surface area contributed by atoms with E-state index in [1.807, 2.05) is 0 Å². The fourth-order valence-electron chi connectivity index (χ4n) is 2.37. The van der Waals surface area contributed by atoms with Crippen LogP contribution in [-0.2, 0) is 6.54 Å². The molecule has 0 saturated carbocycles. The van der Waals surface area contributed by atoms with Crippen molar-refractivity contribution in [3.8, 4) is 0 Å². The lowest BCUT2D eigenvalue weighted by molar-refractivity contribution is 0.135. The van der Waals surface area contributed by atoms with Crippen LogP contribution in [0.3, 0.4) is 0 Å². The highest BCUT2D eigenvalue weighted by Crippen LogP contribution is 2.17. The summed E-state index contributed by atoms with van der Waals surface area (Å²) in [5, 5.41) is 9.17. The number of aliphatic hydroxyl groups is 1. The number of nitrogens with two attached hydrogens (primary N) is 1. The Balaban J connectivity index is 2.90. The topological polar surface area (TPSA) is 49.5 Å². The highest BCUT2D eigenvalue weighted by molar-refractivity contribution is 7.80. The van der Waals surface area contributed by atoms with E-state index in [-0.39, 0.29) is 17.4 Å². The van der Waals surface area contributed by atoms with E-state index in [9.17, 15) is 9.50 Å². The van der Waals surface area contributed by atoms with Crippen molar-refractivity contribution in [3.05, 3.63) is 35.1 Å². The molecular formula is C15H23FN2OS. The fourth-order valence-corrected chi connectivity index (χ4v) is 2.50. The number of hydrogen-bond donors (Lipinski definition) is 2. The van der Waals surface area contributed by atoms with Gasteiger partial charge in [-0.05, 0) is 18.9 Å². The monoisotopic (exact) mass is 298 g/mol. The largest absolute Gasteiger partial charge is 0.395 e. The van der Waals surface area contributed by atoms with E-state index in [1.54, 1.807) is 12.1 Å². The molecule has 0 bridgehead atoms. The van der Waals surface area contributed by atoms with E-state index in [0.29, 0.717) is 30.3 Å². The van der Waals surface area contributed by atoms with Gasteiger partial charge in [0.2, 0.25) is 0 Å². The molecule has 0 aliphatic heterocycles. The SMILES string of the molecule is CCC(CC)N(CCO)Cc1ccc(C(N)=S)cc1F. The number of halogens is 1. The summed E-state index contributed by atoms with van der Waals surface area (Å²) in [6, 6.07) is 5.18. The Bertz CT molecular complexity index is 449. The van der Waals surface area contributed by atoms with Crippen LogP contribution in [-0.4, -0.2) is 34.2 Å². The van der Waals surface area contributed by atoms with Gasteiger partial charge in [-0.2, -0.15) is 0 Å². The van der Waals surface area contributed by atoms with Crippen LogP contribution in [0.1, 0.15) is 37.8 Å². The van der Waals surface area contributed by atoms with Gasteiger partial charge in [-0.25, -0.2) is 4.39 Å². The highest BCUT2D eigenvalue weighted by atomic mass is 32.1. The lowest BCUT2D eigenvalue weighted by Gasteiger charge is -2.30. The highest BCUT2D eigenvalue weighted by Gasteiger charge is 2.17. The standard InChI is InChI=1S/C15H23FN2OS/c1-3-13(4-2)18(7-8-19)10-12-6-5-11(15(17)20)9-14(12)16/h5-6,9,13,19H,3-4,7-8,10H2,1-2H3,(H2,17,20). The number of thiocarbonyl (C=S) groups is 1. The van der Waals surface area contributed by atoms with Crippen molar-refractivity contribution in [2.24, 2.45) is 5.73 Å². The van der Waals surface area contributed by atoms with E-state index in [2.05, 4.69) is 18.7 Å². The Kier molecular flexibility index (Phi) is 7.05. The van der Waals surface area contributed by atoms with Crippen LogP contribution in [0.2, 0.25) is 0 Å². The predicted octanol–water partition coefficient (Wildman–Crippen LogP) is 2.44. The average Bonchev–Trinajstić information content (AvgIpc) is 2.42. The smallest absolute Gasteiger partial charge is 0.128 e. The van der Waals surface area contributed by atoms with E-state index in [0.717, 1.165) is 12.8 Å². The van der Waals surface area contributed by atoms with Gasteiger partial charge < -0.3 is 10.8 Å². The molecule has 0 unspecified atom stereocenters. The van der Waals surface area contributed by atoms with Crippen LogP contribution in [0.5, 0.6) is 0 Å². The lowest BCUT2D eigenvalue weighted by Crippen LogP contribution is -2.36. The Morgan fingerprint density at radius 2 is 2.05 bits per heavy atom. The van der Waals surface area contributed by atoms with E-state index in [4.69, 9.17) is 18.0 Å². The normalized spacial score (nSPS) is 11.3. The number of rotatable bonds is 8. The Labute approximate surface area is 125 Å². The summed E-state index contributed by atoms with van der Waals surface area (Å²) >= 11 is 4.84. The van der Waals surface area contributed by atoms with Gasteiger partial charge in [-0.1, -0.05) is 38.2 Å². The second kappa shape index (κ2) is 8.29. The van der Waals surface area contributed by atoms with Gasteiger partial charge >= 0.3 is 0 Å². The van der Waals surface area contributed by atoms with Crippen LogP contribution in [0.4, 0.5) is 4.39 Å². The maximum atomic E-state index is 14.1. The van der Waals surface area contributed by atoms with E-state index < -0.39 is 0 Å². The van der Waals surface area contributed by atoms with Crippen molar-refractivity contribution in [3.63, 3.8) is 0 Å². The van der Waals surface area contributed by atoms with Crippen molar-refractivity contribution in [1.29, 1.82) is 0 Å². The van der Waals surface area contributed by atoms with E-state index in [1.165, 1.54) is 6.07 Å². The van der Waals surface area contributed by atoms with Crippen molar-refractivity contribution in [2.75, 3.05) is 13.2 Å². The van der Waals surface area contributed by atoms with Crippen molar-refractivity contribution >= 4 is 17.2 Å². The molecule has 3 N–H and O–H groups in total. The molecule has 0 saturated heterocycles. The predicted molar refractivity (Wildman–Crippen MR) is 84.2 cm³/mol. The molecule has 0 radical (unpaired) electrons. The Morgan fingerprint density at radius 3 is 2.50 bits per heavy atom. The van der Waals surface area contributed by atoms with Crippen molar-refractivity contribution < 1.29 is 9.50 Å². The van der Waals surface area contributed by atoms with Crippen LogP contribution >= 0.6 is 12.2 Å². The molecule has 112 valence electrons. The molecule has 0 atom stereocenters. The molecule has 0 aromatic heterocycles. The summed E-state index contributed by atoms with van der Waals surface area (Å²) in [5.74, 6) is -0.302.